The van der Waals surface area contributed by atoms with Gasteiger partial charge in [0.2, 0.25) is 5.91 Å². The first-order chi connectivity index (χ1) is 8.86. The van der Waals surface area contributed by atoms with Gasteiger partial charge in [-0.2, -0.15) is 0 Å². The molecule has 1 aromatic carbocycles. The molecule has 3 heteroatoms. The maximum absolute atomic E-state index is 12.6. The van der Waals surface area contributed by atoms with Crippen LogP contribution in [0.1, 0.15) is 32.1 Å². The average molecular weight is 245 g/mol. The van der Waals surface area contributed by atoms with Crippen molar-refractivity contribution >= 4 is 11.6 Å². The molecular formula is C15H19NO2. The van der Waals surface area contributed by atoms with Gasteiger partial charge >= 0.3 is 0 Å². The number of carbonyl (C=O) groups is 1. The summed E-state index contributed by atoms with van der Waals surface area (Å²) in [6.07, 6.45) is 5.78. The molecule has 0 aromatic heterocycles. The normalized spacial score (nSPS) is 20.1. The molecule has 0 N–H and O–H groups in total. The zero-order chi connectivity index (χ0) is 12.4. The second-order valence-corrected chi connectivity index (χ2v) is 5.14. The molecule has 0 radical (unpaired) electrons. The van der Waals surface area contributed by atoms with Gasteiger partial charge < -0.3 is 9.64 Å². The minimum atomic E-state index is 0.227. The van der Waals surface area contributed by atoms with Gasteiger partial charge in [0.25, 0.3) is 0 Å². The van der Waals surface area contributed by atoms with Gasteiger partial charge in [-0.1, -0.05) is 31.4 Å². The highest BCUT2D eigenvalue weighted by molar-refractivity contribution is 5.96. The van der Waals surface area contributed by atoms with Crippen LogP contribution < -0.4 is 9.64 Å². The first-order valence-electron chi connectivity index (χ1n) is 6.89. The van der Waals surface area contributed by atoms with Crippen LogP contribution in [0.2, 0.25) is 0 Å². The summed E-state index contributed by atoms with van der Waals surface area (Å²) < 4.78 is 5.60. The summed E-state index contributed by atoms with van der Waals surface area (Å²) in [5.74, 6) is 1.36. The molecule has 1 aromatic rings. The van der Waals surface area contributed by atoms with Gasteiger partial charge in [-0.15, -0.1) is 0 Å². The largest absolute Gasteiger partial charge is 0.490 e. The quantitative estimate of drug-likeness (QED) is 0.761. The summed E-state index contributed by atoms with van der Waals surface area (Å²) in [6.45, 7) is 1.29. The lowest BCUT2D eigenvalue weighted by molar-refractivity contribution is -0.123. The van der Waals surface area contributed by atoms with E-state index in [1.54, 1.807) is 0 Å². The molecule has 0 spiro atoms. The minimum absolute atomic E-state index is 0.227. The van der Waals surface area contributed by atoms with Crippen molar-refractivity contribution in [2.24, 2.45) is 5.92 Å². The molecule has 2 aliphatic rings. The molecule has 1 aliphatic carbocycles. The molecule has 3 rings (SSSR count). The molecule has 1 saturated carbocycles. The molecule has 1 aliphatic heterocycles. The topological polar surface area (TPSA) is 29.5 Å². The molecular weight excluding hydrogens is 226 g/mol. The van der Waals surface area contributed by atoms with Crippen molar-refractivity contribution in [2.75, 3.05) is 18.1 Å². The van der Waals surface area contributed by atoms with E-state index in [4.69, 9.17) is 4.74 Å². The van der Waals surface area contributed by atoms with Crippen LogP contribution in [0.5, 0.6) is 5.75 Å². The van der Waals surface area contributed by atoms with Gasteiger partial charge in [-0.25, -0.2) is 0 Å². The molecule has 18 heavy (non-hydrogen) atoms. The Morgan fingerprint density at radius 2 is 1.94 bits per heavy atom. The Bertz CT molecular complexity index is 438. The number of carbonyl (C=O) groups excluding carboxylic acids is 1. The summed E-state index contributed by atoms with van der Waals surface area (Å²) in [6, 6.07) is 7.84. The zero-order valence-electron chi connectivity index (χ0n) is 10.6. The van der Waals surface area contributed by atoms with Crippen LogP contribution in [0.25, 0.3) is 0 Å². The summed E-state index contributed by atoms with van der Waals surface area (Å²) in [5, 5.41) is 0. The van der Waals surface area contributed by atoms with Gasteiger partial charge in [0, 0.05) is 5.92 Å². The number of fused-ring (bicyclic) bond motifs is 1. The van der Waals surface area contributed by atoms with Crippen LogP contribution in [-0.4, -0.2) is 19.1 Å². The lowest BCUT2D eigenvalue weighted by Crippen LogP contribution is -2.42. The van der Waals surface area contributed by atoms with Gasteiger partial charge in [0.15, 0.2) is 0 Å². The molecule has 0 saturated heterocycles. The van der Waals surface area contributed by atoms with E-state index in [2.05, 4.69) is 0 Å². The maximum atomic E-state index is 12.6. The molecule has 0 bridgehead atoms. The predicted molar refractivity (Wildman–Crippen MR) is 70.9 cm³/mol. The summed E-state index contributed by atoms with van der Waals surface area (Å²) in [7, 11) is 0. The standard InChI is InChI=1S/C15H19NO2/c17-15(12-6-2-1-3-7-12)16-10-11-18-14-9-5-4-8-13(14)16/h4-5,8-9,12H,1-3,6-7,10-11H2. The fourth-order valence-electron chi connectivity index (χ4n) is 2.97. The zero-order valence-corrected chi connectivity index (χ0v) is 10.6. The number of nitrogens with zero attached hydrogens (tertiary/aromatic N) is 1. The molecule has 1 fully saturated rings. The fraction of sp³-hybridized carbons (Fsp3) is 0.533. The smallest absolute Gasteiger partial charge is 0.230 e. The Morgan fingerprint density at radius 1 is 1.17 bits per heavy atom. The Labute approximate surface area is 108 Å². The third-order valence-electron chi connectivity index (χ3n) is 3.95. The number of ether oxygens (including phenoxy) is 1. The number of benzene rings is 1. The van der Waals surface area contributed by atoms with E-state index >= 15 is 0 Å². The first-order valence-corrected chi connectivity index (χ1v) is 6.89. The van der Waals surface area contributed by atoms with Crippen molar-refractivity contribution in [3.8, 4) is 5.75 Å². The molecule has 1 heterocycles. The van der Waals surface area contributed by atoms with E-state index in [0.717, 1.165) is 24.3 Å². The van der Waals surface area contributed by atoms with E-state index in [-0.39, 0.29) is 5.92 Å². The summed E-state index contributed by atoms with van der Waals surface area (Å²) in [4.78, 5) is 14.5. The Kier molecular flexibility index (Phi) is 3.22. The van der Waals surface area contributed by atoms with Gasteiger partial charge in [0.1, 0.15) is 12.4 Å². The maximum Gasteiger partial charge on any atom is 0.230 e. The van der Waals surface area contributed by atoms with Crippen molar-refractivity contribution < 1.29 is 9.53 Å². The number of anilines is 1. The van der Waals surface area contributed by atoms with E-state index in [1.165, 1.54) is 19.3 Å². The SMILES string of the molecule is O=C(C1CCCCC1)N1CCOc2ccccc21. The van der Waals surface area contributed by atoms with Gasteiger partial charge in [-0.3, -0.25) is 4.79 Å². The number of hydrogen-bond donors (Lipinski definition) is 0. The average Bonchev–Trinajstić information content (AvgIpc) is 2.47. The summed E-state index contributed by atoms with van der Waals surface area (Å²) >= 11 is 0. The van der Waals surface area contributed by atoms with Gasteiger partial charge in [0.05, 0.1) is 12.2 Å². The molecule has 0 atom stereocenters. The second kappa shape index (κ2) is 5.01. The van der Waals surface area contributed by atoms with E-state index in [1.807, 2.05) is 29.2 Å². The van der Waals surface area contributed by atoms with Crippen molar-refractivity contribution in [3.05, 3.63) is 24.3 Å². The Balaban J connectivity index is 1.82. The monoisotopic (exact) mass is 245 g/mol. The van der Waals surface area contributed by atoms with Crippen molar-refractivity contribution in [2.45, 2.75) is 32.1 Å². The van der Waals surface area contributed by atoms with Crippen LogP contribution in [0.15, 0.2) is 24.3 Å². The van der Waals surface area contributed by atoms with Crippen LogP contribution in [0.3, 0.4) is 0 Å². The highest BCUT2D eigenvalue weighted by atomic mass is 16.5. The minimum Gasteiger partial charge on any atom is -0.490 e. The predicted octanol–water partition coefficient (Wildman–Crippen LogP) is 2.99. The molecule has 1 amide bonds. The third kappa shape index (κ3) is 2.09. The Morgan fingerprint density at radius 3 is 2.78 bits per heavy atom. The van der Waals surface area contributed by atoms with Crippen LogP contribution in [0.4, 0.5) is 5.69 Å². The second-order valence-electron chi connectivity index (χ2n) is 5.14. The molecule has 3 nitrogen and oxygen atoms in total. The van der Waals surface area contributed by atoms with Crippen LogP contribution in [0, 0.1) is 5.92 Å². The van der Waals surface area contributed by atoms with E-state index in [9.17, 15) is 4.79 Å². The van der Waals surface area contributed by atoms with E-state index in [0.29, 0.717) is 19.1 Å². The van der Waals surface area contributed by atoms with Crippen LogP contribution >= 0.6 is 0 Å². The fourth-order valence-corrected chi connectivity index (χ4v) is 2.97. The third-order valence-corrected chi connectivity index (χ3v) is 3.95. The van der Waals surface area contributed by atoms with Crippen LogP contribution in [-0.2, 0) is 4.79 Å². The molecule has 0 unspecified atom stereocenters. The number of amides is 1. The number of para-hydroxylation sites is 2. The Hall–Kier alpha value is -1.51. The number of rotatable bonds is 1. The number of hydrogen-bond acceptors (Lipinski definition) is 2. The van der Waals surface area contributed by atoms with E-state index < -0.39 is 0 Å². The van der Waals surface area contributed by atoms with Crippen molar-refractivity contribution in [1.82, 2.24) is 0 Å². The molecule has 96 valence electrons. The lowest BCUT2D eigenvalue weighted by Gasteiger charge is -2.33. The highest BCUT2D eigenvalue weighted by Gasteiger charge is 2.29. The summed E-state index contributed by atoms with van der Waals surface area (Å²) in [5.41, 5.74) is 0.944. The van der Waals surface area contributed by atoms with Crippen molar-refractivity contribution in [1.29, 1.82) is 0 Å². The first kappa shape index (κ1) is 11.6. The van der Waals surface area contributed by atoms with Crippen molar-refractivity contribution in [3.63, 3.8) is 0 Å². The lowest BCUT2D eigenvalue weighted by atomic mass is 9.88. The highest BCUT2D eigenvalue weighted by Crippen LogP contribution is 2.34. The van der Waals surface area contributed by atoms with Gasteiger partial charge in [-0.05, 0) is 25.0 Å².